The molecule has 0 amide bonds. The number of hydrogen-bond donors (Lipinski definition) is 2. The van der Waals surface area contributed by atoms with Gasteiger partial charge in [-0.05, 0) is 127 Å². The Morgan fingerprint density at radius 3 is 2.12 bits per heavy atom. The van der Waals surface area contributed by atoms with Crippen molar-refractivity contribution in [1.82, 2.24) is 0 Å². The van der Waals surface area contributed by atoms with E-state index >= 15 is 0 Å². The SMILES string of the molecule is CC(C)[C@@H]1CC[C@]2(CO)CC[C@]3(C)[C@H](CCC4[C@@]5(C)CC[C@H](O)C(C)(C)[C@@H]5CC[C@]43C)[C@@H]12. The van der Waals surface area contributed by atoms with Crippen molar-refractivity contribution >= 4 is 0 Å². The van der Waals surface area contributed by atoms with Gasteiger partial charge in [0.2, 0.25) is 0 Å². The summed E-state index contributed by atoms with van der Waals surface area (Å²) in [5.41, 5.74) is 1.40. The van der Waals surface area contributed by atoms with Gasteiger partial charge in [-0.3, -0.25) is 0 Å². The first-order chi connectivity index (χ1) is 14.9. The van der Waals surface area contributed by atoms with Gasteiger partial charge in [0.15, 0.2) is 0 Å². The second kappa shape index (κ2) is 7.22. The molecule has 10 atom stereocenters. The van der Waals surface area contributed by atoms with E-state index in [0.29, 0.717) is 28.8 Å². The molecule has 0 heterocycles. The summed E-state index contributed by atoms with van der Waals surface area (Å²) >= 11 is 0. The molecule has 0 saturated heterocycles. The highest BCUT2D eigenvalue weighted by atomic mass is 16.3. The summed E-state index contributed by atoms with van der Waals surface area (Å²) in [5, 5.41) is 21.6. The van der Waals surface area contributed by atoms with E-state index in [2.05, 4.69) is 48.5 Å². The summed E-state index contributed by atoms with van der Waals surface area (Å²) in [7, 11) is 0. The van der Waals surface area contributed by atoms with Crippen LogP contribution in [0.5, 0.6) is 0 Å². The number of fused-ring (bicyclic) bond motifs is 7. The Kier molecular flexibility index (Phi) is 5.34. The normalized spacial score (nSPS) is 56.8. The van der Waals surface area contributed by atoms with Crippen LogP contribution >= 0.6 is 0 Å². The molecule has 0 aromatic rings. The highest BCUT2D eigenvalue weighted by Gasteiger charge is 2.70. The average molecular weight is 445 g/mol. The van der Waals surface area contributed by atoms with E-state index in [0.717, 1.165) is 36.0 Å². The van der Waals surface area contributed by atoms with Gasteiger partial charge in [0, 0.05) is 6.61 Å². The van der Waals surface area contributed by atoms with Gasteiger partial charge in [-0.2, -0.15) is 0 Å². The molecule has 5 aliphatic carbocycles. The zero-order valence-corrected chi connectivity index (χ0v) is 22.2. The van der Waals surface area contributed by atoms with Gasteiger partial charge in [0.25, 0.3) is 0 Å². The molecule has 32 heavy (non-hydrogen) atoms. The third-order valence-electron chi connectivity index (χ3n) is 13.8. The number of hydrogen-bond acceptors (Lipinski definition) is 2. The van der Waals surface area contributed by atoms with Crippen molar-refractivity contribution in [3.05, 3.63) is 0 Å². The van der Waals surface area contributed by atoms with Crippen molar-refractivity contribution in [3.63, 3.8) is 0 Å². The second-order valence-corrected chi connectivity index (χ2v) is 15.0. The molecule has 5 aliphatic rings. The molecule has 0 bridgehead atoms. The minimum Gasteiger partial charge on any atom is -0.396 e. The third kappa shape index (κ3) is 2.72. The first-order valence-electron chi connectivity index (χ1n) is 14.2. The van der Waals surface area contributed by atoms with Crippen molar-refractivity contribution in [2.24, 2.45) is 62.6 Å². The fourth-order valence-electron chi connectivity index (χ4n) is 11.8. The summed E-state index contributed by atoms with van der Waals surface area (Å²) < 4.78 is 0. The molecule has 5 rings (SSSR count). The van der Waals surface area contributed by atoms with Crippen LogP contribution in [-0.4, -0.2) is 22.9 Å². The molecule has 0 radical (unpaired) electrons. The van der Waals surface area contributed by atoms with E-state index < -0.39 is 0 Å². The van der Waals surface area contributed by atoms with Gasteiger partial charge in [-0.25, -0.2) is 0 Å². The second-order valence-electron chi connectivity index (χ2n) is 15.0. The zero-order valence-electron chi connectivity index (χ0n) is 22.2. The van der Waals surface area contributed by atoms with Crippen LogP contribution < -0.4 is 0 Å². The van der Waals surface area contributed by atoms with E-state index in [9.17, 15) is 10.2 Å². The van der Waals surface area contributed by atoms with Crippen LogP contribution in [0.2, 0.25) is 0 Å². The van der Waals surface area contributed by atoms with Gasteiger partial charge in [-0.15, -0.1) is 0 Å². The Hall–Kier alpha value is -0.0800. The number of aliphatic hydroxyl groups excluding tert-OH is 2. The number of aliphatic hydroxyl groups is 2. The Bertz CT molecular complexity index is 743. The van der Waals surface area contributed by atoms with E-state index in [1.165, 1.54) is 57.8 Å². The summed E-state index contributed by atoms with van der Waals surface area (Å²) in [5.74, 6) is 4.45. The molecule has 1 unspecified atom stereocenters. The molecule has 5 fully saturated rings. The molecule has 2 heteroatoms. The molecule has 5 saturated carbocycles. The van der Waals surface area contributed by atoms with Crippen molar-refractivity contribution in [3.8, 4) is 0 Å². The Balaban J connectivity index is 1.54. The van der Waals surface area contributed by atoms with Crippen LogP contribution in [0.4, 0.5) is 0 Å². The lowest BCUT2D eigenvalue weighted by Crippen LogP contribution is -2.66. The van der Waals surface area contributed by atoms with Gasteiger partial charge in [0.1, 0.15) is 0 Å². The van der Waals surface area contributed by atoms with Gasteiger partial charge >= 0.3 is 0 Å². The minimum absolute atomic E-state index is 0.0406. The predicted octanol–water partition coefficient (Wildman–Crippen LogP) is 7.08. The van der Waals surface area contributed by atoms with Crippen molar-refractivity contribution in [1.29, 1.82) is 0 Å². The van der Waals surface area contributed by atoms with Crippen molar-refractivity contribution in [2.45, 2.75) is 119 Å². The molecule has 0 spiro atoms. The Labute approximate surface area is 198 Å². The average Bonchev–Trinajstić information content (AvgIpc) is 3.12. The van der Waals surface area contributed by atoms with Crippen LogP contribution in [0.15, 0.2) is 0 Å². The topological polar surface area (TPSA) is 40.5 Å². The lowest BCUT2D eigenvalue weighted by Gasteiger charge is -2.73. The Morgan fingerprint density at radius 1 is 0.750 bits per heavy atom. The number of rotatable bonds is 2. The van der Waals surface area contributed by atoms with E-state index in [-0.39, 0.29) is 16.9 Å². The molecule has 0 aromatic carbocycles. The summed E-state index contributed by atoms with van der Waals surface area (Å²) in [6.07, 6.45) is 12.6. The molecule has 184 valence electrons. The largest absolute Gasteiger partial charge is 0.396 e. The highest BCUT2D eigenvalue weighted by molar-refractivity contribution is 5.19. The van der Waals surface area contributed by atoms with E-state index in [1.54, 1.807) is 0 Å². The third-order valence-corrected chi connectivity index (χ3v) is 13.8. The molecular weight excluding hydrogens is 392 g/mol. The maximum absolute atomic E-state index is 10.9. The van der Waals surface area contributed by atoms with Gasteiger partial charge in [-0.1, -0.05) is 48.5 Å². The standard InChI is InChI=1S/C30H52O2/c1-19(2)20-10-15-30(18-31)17-16-28(6)21(25(20)30)8-9-23-27(5)13-12-24(32)26(3,4)22(27)11-14-29(23,28)7/h19-25,31-32H,8-18H2,1-7H3/t20-,21+,22-,23?,24-,25+,27-,28+,29+,30+/m0/s1. The maximum atomic E-state index is 10.9. The van der Waals surface area contributed by atoms with Crippen LogP contribution in [0.3, 0.4) is 0 Å². The zero-order chi connectivity index (χ0) is 23.3. The monoisotopic (exact) mass is 444 g/mol. The summed E-state index contributed by atoms with van der Waals surface area (Å²) in [6.45, 7) is 18.1. The first-order valence-corrected chi connectivity index (χ1v) is 14.2. The first kappa shape index (κ1) is 23.7. The van der Waals surface area contributed by atoms with Gasteiger partial charge < -0.3 is 10.2 Å². The summed E-state index contributed by atoms with van der Waals surface area (Å²) in [4.78, 5) is 0. The molecule has 0 aliphatic heterocycles. The van der Waals surface area contributed by atoms with Crippen molar-refractivity contribution < 1.29 is 10.2 Å². The van der Waals surface area contributed by atoms with E-state index in [4.69, 9.17) is 0 Å². The van der Waals surface area contributed by atoms with Crippen LogP contribution in [0.25, 0.3) is 0 Å². The molecule has 0 aromatic heterocycles. The Morgan fingerprint density at radius 2 is 1.47 bits per heavy atom. The van der Waals surface area contributed by atoms with Crippen LogP contribution in [0.1, 0.15) is 113 Å². The van der Waals surface area contributed by atoms with Crippen molar-refractivity contribution in [2.75, 3.05) is 6.61 Å². The summed E-state index contributed by atoms with van der Waals surface area (Å²) in [6, 6.07) is 0. The molecule has 2 nitrogen and oxygen atoms in total. The molecular formula is C30H52O2. The predicted molar refractivity (Wildman–Crippen MR) is 132 cm³/mol. The quantitative estimate of drug-likeness (QED) is 0.478. The smallest absolute Gasteiger partial charge is 0.0594 e. The highest BCUT2D eigenvalue weighted by Crippen LogP contribution is 2.77. The molecule has 2 N–H and O–H groups in total. The lowest BCUT2D eigenvalue weighted by molar-refractivity contribution is -0.251. The fourth-order valence-corrected chi connectivity index (χ4v) is 11.8. The van der Waals surface area contributed by atoms with Crippen LogP contribution in [0, 0.1) is 62.6 Å². The minimum atomic E-state index is -0.137. The lowest BCUT2D eigenvalue weighted by atomic mass is 9.32. The van der Waals surface area contributed by atoms with Crippen LogP contribution in [-0.2, 0) is 0 Å². The fraction of sp³-hybridized carbons (Fsp3) is 1.00. The van der Waals surface area contributed by atoms with E-state index in [1.807, 2.05) is 0 Å². The maximum Gasteiger partial charge on any atom is 0.0594 e. The van der Waals surface area contributed by atoms with Gasteiger partial charge in [0.05, 0.1) is 6.10 Å².